The Hall–Kier alpha value is -1.97. The maximum Gasteiger partial charge on any atom is 0.176 e. The first-order chi connectivity index (χ1) is 10.3. The molecular formula is C18H19NO2. The van der Waals surface area contributed by atoms with Crippen molar-refractivity contribution in [2.24, 2.45) is 0 Å². The summed E-state index contributed by atoms with van der Waals surface area (Å²) >= 11 is 0. The molecule has 21 heavy (non-hydrogen) atoms. The fourth-order valence-corrected chi connectivity index (χ4v) is 2.53. The number of rotatable bonds is 4. The van der Waals surface area contributed by atoms with Crippen molar-refractivity contribution in [1.82, 2.24) is 4.90 Å². The quantitative estimate of drug-likeness (QED) is 0.807. The van der Waals surface area contributed by atoms with Crippen molar-refractivity contribution in [3.63, 3.8) is 0 Å². The predicted octanol–water partition coefficient (Wildman–Crippen LogP) is 2.87. The molecule has 2 aromatic rings. The molecule has 1 aliphatic heterocycles. The zero-order valence-electron chi connectivity index (χ0n) is 12.0. The SMILES string of the molecule is O=C(CN1CCOCC1)c1ccc(-c2ccccc2)cc1. The lowest BCUT2D eigenvalue weighted by Gasteiger charge is -2.25. The summed E-state index contributed by atoms with van der Waals surface area (Å²) < 4.78 is 5.30. The Morgan fingerprint density at radius 2 is 1.52 bits per heavy atom. The number of ether oxygens (including phenoxy) is 1. The van der Waals surface area contributed by atoms with Crippen molar-refractivity contribution in [1.29, 1.82) is 0 Å². The first kappa shape index (κ1) is 14.0. The second kappa shape index (κ2) is 6.66. The highest BCUT2D eigenvalue weighted by Gasteiger charge is 2.15. The molecule has 0 atom stereocenters. The molecule has 0 bridgehead atoms. The van der Waals surface area contributed by atoms with E-state index >= 15 is 0 Å². The monoisotopic (exact) mass is 281 g/mol. The number of Topliss-reactive ketones (excluding diaryl/α,β-unsaturated/α-hetero) is 1. The molecule has 1 fully saturated rings. The number of carbonyl (C=O) groups excluding carboxylic acids is 1. The Bertz CT molecular complexity index is 586. The van der Waals surface area contributed by atoms with Crippen LogP contribution in [0.3, 0.4) is 0 Å². The summed E-state index contributed by atoms with van der Waals surface area (Å²) in [6.45, 7) is 3.61. The summed E-state index contributed by atoms with van der Waals surface area (Å²) in [6.07, 6.45) is 0. The summed E-state index contributed by atoms with van der Waals surface area (Å²) in [5.74, 6) is 0.177. The summed E-state index contributed by atoms with van der Waals surface area (Å²) in [5, 5.41) is 0. The van der Waals surface area contributed by atoms with Crippen molar-refractivity contribution in [2.45, 2.75) is 0 Å². The Morgan fingerprint density at radius 1 is 0.905 bits per heavy atom. The van der Waals surface area contributed by atoms with Crippen LogP contribution in [0.15, 0.2) is 54.6 Å². The maximum atomic E-state index is 12.3. The fourth-order valence-electron chi connectivity index (χ4n) is 2.53. The van der Waals surface area contributed by atoms with Crippen molar-refractivity contribution in [3.8, 4) is 11.1 Å². The van der Waals surface area contributed by atoms with E-state index in [1.165, 1.54) is 5.56 Å². The van der Waals surface area contributed by atoms with E-state index in [1.807, 2.05) is 42.5 Å². The summed E-state index contributed by atoms with van der Waals surface area (Å²) in [7, 11) is 0. The Balaban J connectivity index is 1.67. The van der Waals surface area contributed by atoms with E-state index in [0.29, 0.717) is 6.54 Å². The number of hydrogen-bond acceptors (Lipinski definition) is 3. The zero-order chi connectivity index (χ0) is 14.5. The van der Waals surface area contributed by atoms with Gasteiger partial charge in [0.15, 0.2) is 5.78 Å². The van der Waals surface area contributed by atoms with E-state index in [9.17, 15) is 4.79 Å². The van der Waals surface area contributed by atoms with Gasteiger partial charge in [0.05, 0.1) is 19.8 Å². The van der Waals surface area contributed by atoms with Crippen molar-refractivity contribution >= 4 is 5.78 Å². The van der Waals surface area contributed by atoms with E-state index in [4.69, 9.17) is 4.74 Å². The van der Waals surface area contributed by atoms with E-state index in [2.05, 4.69) is 17.0 Å². The molecule has 0 spiro atoms. The highest BCUT2D eigenvalue weighted by atomic mass is 16.5. The van der Waals surface area contributed by atoms with Crippen LogP contribution in [0.4, 0.5) is 0 Å². The Morgan fingerprint density at radius 3 is 2.19 bits per heavy atom. The standard InChI is InChI=1S/C18H19NO2/c20-18(14-19-10-12-21-13-11-19)17-8-6-16(7-9-17)15-4-2-1-3-5-15/h1-9H,10-14H2. The molecule has 0 radical (unpaired) electrons. The summed E-state index contributed by atoms with van der Waals surface area (Å²) in [6, 6.07) is 18.1. The minimum Gasteiger partial charge on any atom is -0.379 e. The van der Waals surface area contributed by atoms with Gasteiger partial charge in [-0.25, -0.2) is 0 Å². The van der Waals surface area contributed by atoms with Crippen LogP contribution in [0.2, 0.25) is 0 Å². The minimum atomic E-state index is 0.177. The van der Waals surface area contributed by atoms with Crippen LogP contribution in [0.1, 0.15) is 10.4 Å². The molecule has 0 aliphatic carbocycles. The van der Waals surface area contributed by atoms with E-state index in [-0.39, 0.29) is 5.78 Å². The third-order valence-electron chi connectivity index (χ3n) is 3.78. The molecule has 0 amide bonds. The molecule has 0 saturated carbocycles. The van der Waals surface area contributed by atoms with Gasteiger partial charge in [0.25, 0.3) is 0 Å². The minimum absolute atomic E-state index is 0.177. The topological polar surface area (TPSA) is 29.5 Å². The van der Waals surface area contributed by atoms with Gasteiger partial charge >= 0.3 is 0 Å². The lowest BCUT2D eigenvalue weighted by molar-refractivity contribution is 0.0371. The summed E-state index contributed by atoms with van der Waals surface area (Å²) in [5.41, 5.74) is 3.09. The molecule has 0 N–H and O–H groups in total. The summed E-state index contributed by atoms with van der Waals surface area (Å²) in [4.78, 5) is 14.4. The van der Waals surface area contributed by atoms with Crippen molar-refractivity contribution in [2.75, 3.05) is 32.8 Å². The molecule has 0 aromatic heterocycles. The van der Waals surface area contributed by atoms with Gasteiger partial charge < -0.3 is 4.74 Å². The van der Waals surface area contributed by atoms with Gasteiger partial charge in [-0.05, 0) is 11.1 Å². The lowest BCUT2D eigenvalue weighted by Crippen LogP contribution is -2.39. The number of ketones is 1. The average molecular weight is 281 g/mol. The van der Waals surface area contributed by atoms with Crippen LogP contribution >= 0.6 is 0 Å². The van der Waals surface area contributed by atoms with Crippen LogP contribution in [-0.4, -0.2) is 43.5 Å². The van der Waals surface area contributed by atoms with Gasteiger partial charge in [-0.15, -0.1) is 0 Å². The maximum absolute atomic E-state index is 12.3. The molecule has 1 saturated heterocycles. The van der Waals surface area contributed by atoms with Crippen LogP contribution in [-0.2, 0) is 4.74 Å². The fraction of sp³-hybridized carbons (Fsp3) is 0.278. The van der Waals surface area contributed by atoms with Gasteiger partial charge in [-0.1, -0.05) is 54.6 Å². The van der Waals surface area contributed by atoms with Crippen molar-refractivity contribution < 1.29 is 9.53 Å². The first-order valence-electron chi connectivity index (χ1n) is 7.32. The molecule has 0 unspecified atom stereocenters. The zero-order valence-corrected chi connectivity index (χ0v) is 12.0. The number of nitrogens with zero attached hydrogens (tertiary/aromatic N) is 1. The second-order valence-corrected chi connectivity index (χ2v) is 5.26. The van der Waals surface area contributed by atoms with Crippen LogP contribution in [0.25, 0.3) is 11.1 Å². The lowest BCUT2D eigenvalue weighted by atomic mass is 10.0. The normalized spacial score (nSPS) is 15.8. The molecule has 1 heterocycles. The van der Waals surface area contributed by atoms with E-state index < -0.39 is 0 Å². The van der Waals surface area contributed by atoms with Gasteiger partial charge in [0, 0.05) is 18.7 Å². The number of benzene rings is 2. The van der Waals surface area contributed by atoms with Crippen LogP contribution < -0.4 is 0 Å². The first-order valence-corrected chi connectivity index (χ1v) is 7.32. The van der Waals surface area contributed by atoms with E-state index in [1.54, 1.807) is 0 Å². The molecule has 108 valence electrons. The number of morpholine rings is 1. The average Bonchev–Trinajstić information content (AvgIpc) is 2.57. The molecule has 3 heteroatoms. The third kappa shape index (κ3) is 3.57. The molecule has 2 aromatic carbocycles. The van der Waals surface area contributed by atoms with Crippen LogP contribution in [0, 0.1) is 0 Å². The smallest absolute Gasteiger partial charge is 0.176 e. The van der Waals surface area contributed by atoms with Crippen molar-refractivity contribution in [3.05, 3.63) is 60.2 Å². The number of carbonyl (C=O) groups is 1. The highest BCUT2D eigenvalue weighted by molar-refractivity contribution is 5.98. The Kier molecular flexibility index (Phi) is 4.43. The van der Waals surface area contributed by atoms with Gasteiger partial charge in [0.1, 0.15) is 0 Å². The largest absolute Gasteiger partial charge is 0.379 e. The molecular weight excluding hydrogens is 262 g/mol. The second-order valence-electron chi connectivity index (χ2n) is 5.26. The highest BCUT2D eigenvalue weighted by Crippen LogP contribution is 2.19. The molecule has 3 nitrogen and oxygen atoms in total. The molecule has 3 rings (SSSR count). The third-order valence-corrected chi connectivity index (χ3v) is 3.78. The molecule has 1 aliphatic rings. The van der Waals surface area contributed by atoms with Gasteiger partial charge in [0.2, 0.25) is 0 Å². The van der Waals surface area contributed by atoms with Gasteiger partial charge in [-0.3, -0.25) is 9.69 Å². The van der Waals surface area contributed by atoms with Crippen LogP contribution in [0.5, 0.6) is 0 Å². The number of hydrogen-bond donors (Lipinski definition) is 0. The van der Waals surface area contributed by atoms with Gasteiger partial charge in [-0.2, -0.15) is 0 Å². The van der Waals surface area contributed by atoms with E-state index in [0.717, 1.165) is 37.4 Å². The Labute approximate surface area is 125 Å². The predicted molar refractivity (Wildman–Crippen MR) is 83.5 cm³/mol.